The van der Waals surface area contributed by atoms with Crippen molar-refractivity contribution < 1.29 is 14.3 Å². The van der Waals surface area contributed by atoms with Crippen LogP contribution in [0.4, 0.5) is 10.6 Å². The predicted molar refractivity (Wildman–Crippen MR) is 150 cm³/mol. The lowest BCUT2D eigenvalue weighted by Gasteiger charge is -2.33. The highest BCUT2D eigenvalue weighted by atomic mass is 16.6. The van der Waals surface area contributed by atoms with E-state index in [0.717, 1.165) is 60.9 Å². The number of hydrogen-bond acceptors (Lipinski definition) is 7. The van der Waals surface area contributed by atoms with Crippen molar-refractivity contribution >= 4 is 11.9 Å². The molecule has 0 unspecified atom stereocenters. The number of aryl methyl sites for hydroxylation is 1. The summed E-state index contributed by atoms with van der Waals surface area (Å²) in [5.74, 6) is 2.76. The topological polar surface area (TPSA) is 71.0 Å². The Hall–Kier alpha value is -2.87. The summed E-state index contributed by atoms with van der Waals surface area (Å²) in [5, 5.41) is 0. The summed E-state index contributed by atoms with van der Waals surface area (Å²) in [6.45, 7) is 14.8. The van der Waals surface area contributed by atoms with Gasteiger partial charge < -0.3 is 24.2 Å². The Morgan fingerprint density at radius 2 is 1.82 bits per heavy atom. The van der Waals surface area contributed by atoms with Gasteiger partial charge in [0.1, 0.15) is 23.3 Å². The number of carbonyl (C=O) groups is 1. The second-order valence-electron chi connectivity index (χ2n) is 11.9. The molecule has 0 radical (unpaired) electrons. The minimum absolute atomic E-state index is 0.0867. The van der Waals surface area contributed by atoms with E-state index in [9.17, 15) is 4.79 Å². The van der Waals surface area contributed by atoms with E-state index in [1.807, 2.05) is 33.0 Å². The van der Waals surface area contributed by atoms with Gasteiger partial charge in [-0.25, -0.2) is 14.8 Å². The van der Waals surface area contributed by atoms with E-state index < -0.39 is 5.60 Å². The maximum atomic E-state index is 12.3. The predicted octanol–water partition coefficient (Wildman–Crippen LogP) is 5.08. The van der Waals surface area contributed by atoms with Gasteiger partial charge >= 0.3 is 6.09 Å². The van der Waals surface area contributed by atoms with E-state index in [-0.39, 0.29) is 12.2 Å². The number of rotatable bonds is 7. The Balaban J connectivity index is 1.17. The monoisotopic (exact) mass is 521 g/mol. The molecule has 0 bridgehead atoms. The summed E-state index contributed by atoms with van der Waals surface area (Å²) < 4.78 is 11.9. The zero-order valence-electron chi connectivity index (χ0n) is 23.5. The van der Waals surface area contributed by atoms with Crippen LogP contribution in [0.5, 0.6) is 5.75 Å². The molecule has 3 aliphatic rings. The Kier molecular flexibility index (Phi) is 8.07. The van der Waals surface area contributed by atoms with Gasteiger partial charge in [0.15, 0.2) is 5.82 Å². The lowest BCUT2D eigenvalue weighted by atomic mass is 10.1. The molecule has 8 nitrogen and oxygen atoms in total. The summed E-state index contributed by atoms with van der Waals surface area (Å²) in [7, 11) is 0. The summed E-state index contributed by atoms with van der Waals surface area (Å²) in [6.07, 6.45) is 8.35. The van der Waals surface area contributed by atoms with E-state index in [2.05, 4.69) is 28.9 Å². The summed E-state index contributed by atoms with van der Waals surface area (Å²) in [4.78, 5) is 28.8. The van der Waals surface area contributed by atoms with Gasteiger partial charge in [-0.15, -0.1) is 0 Å². The molecule has 0 spiro atoms. The number of ether oxygens (including phenoxy) is 2. The largest absolute Gasteiger partial charge is 0.490 e. The van der Waals surface area contributed by atoms with Crippen LogP contribution in [0.25, 0.3) is 11.4 Å². The van der Waals surface area contributed by atoms with E-state index in [1.165, 1.54) is 44.5 Å². The highest BCUT2D eigenvalue weighted by Gasteiger charge is 2.28. The van der Waals surface area contributed by atoms with Crippen molar-refractivity contribution in [3.8, 4) is 17.1 Å². The number of benzene rings is 1. The Morgan fingerprint density at radius 1 is 1.05 bits per heavy atom. The van der Waals surface area contributed by atoms with Crippen molar-refractivity contribution in [2.75, 3.05) is 50.7 Å². The number of aromatic nitrogens is 2. The molecule has 2 fully saturated rings. The van der Waals surface area contributed by atoms with E-state index in [1.54, 1.807) is 4.90 Å². The normalized spacial score (nSPS) is 18.6. The summed E-state index contributed by atoms with van der Waals surface area (Å²) >= 11 is 0. The van der Waals surface area contributed by atoms with Gasteiger partial charge in [0, 0.05) is 56.3 Å². The maximum Gasteiger partial charge on any atom is 0.410 e. The van der Waals surface area contributed by atoms with Crippen LogP contribution in [0.2, 0.25) is 0 Å². The molecule has 1 aromatic carbocycles. The average Bonchev–Trinajstić information content (AvgIpc) is 3.55. The number of carbonyl (C=O) groups excluding carboxylic acids is 1. The SMILES string of the molecule is Cc1cc(-c2ncc3c(n2)N(CCCN2CCCC2)CC3)ccc1OC1CCN(C(=O)OC(C)(C)C)CC1. The summed E-state index contributed by atoms with van der Waals surface area (Å²) in [6, 6.07) is 6.22. The first-order valence-corrected chi connectivity index (χ1v) is 14.3. The number of anilines is 1. The lowest BCUT2D eigenvalue weighted by molar-refractivity contribution is 0.0126. The molecule has 38 heavy (non-hydrogen) atoms. The third-order valence-corrected chi connectivity index (χ3v) is 7.71. The first-order valence-electron chi connectivity index (χ1n) is 14.3. The molecule has 2 saturated heterocycles. The van der Waals surface area contributed by atoms with Gasteiger partial charge in [-0.3, -0.25) is 0 Å². The highest BCUT2D eigenvalue weighted by molar-refractivity contribution is 5.68. The number of hydrogen-bond donors (Lipinski definition) is 0. The van der Waals surface area contributed by atoms with Crippen LogP contribution < -0.4 is 9.64 Å². The van der Waals surface area contributed by atoms with E-state index in [4.69, 9.17) is 19.4 Å². The van der Waals surface area contributed by atoms with Crippen molar-refractivity contribution in [1.82, 2.24) is 19.8 Å². The van der Waals surface area contributed by atoms with Gasteiger partial charge in [-0.05, 0) is 96.8 Å². The molecule has 5 rings (SSSR count). The molecule has 0 saturated carbocycles. The Morgan fingerprint density at radius 3 is 2.53 bits per heavy atom. The minimum Gasteiger partial charge on any atom is -0.490 e. The fourth-order valence-electron chi connectivity index (χ4n) is 5.64. The highest BCUT2D eigenvalue weighted by Crippen LogP contribution is 2.31. The zero-order valence-corrected chi connectivity index (χ0v) is 23.5. The third-order valence-electron chi connectivity index (χ3n) is 7.71. The molecule has 3 aliphatic heterocycles. The zero-order chi connectivity index (χ0) is 26.7. The van der Waals surface area contributed by atoms with Crippen LogP contribution in [0.3, 0.4) is 0 Å². The van der Waals surface area contributed by atoms with E-state index in [0.29, 0.717) is 13.1 Å². The van der Waals surface area contributed by atoms with Crippen molar-refractivity contribution in [2.24, 2.45) is 0 Å². The lowest BCUT2D eigenvalue weighted by Crippen LogP contribution is -2.44. The van der Waals surface area contributed by atoms with Crippen LogP contribution in [0.1, 0.15) is 64.0 Å². The fourth-order valence-corrected chi connectivity index (χ4v) is 5.64. The molecular weight excluding hydrogens is 478 g/mol. The average molecular weight is 522 g/mol. The van der Waals surface area contributed by atoms with Crippen molar-refractivity contribution in [3.05, 3.63) is 35.5 Å². The van der Waals surface area contributed by atoms with Crippen LogP contribution >= 0.6 is 0 Å². The van der Waals surface area contributed by atoms with Gasteiger partial charge in [-0.1, -0.05) is 0 Å². The molecule has 1 amide bonds. The standard InChI is InChI=1S/C30H43N5O3/c1-22-20-23(8-9-26(22)37-25-11-18-35(19-12-25)29(36)38-30(2,3)4)27-31-21-24-10-17-34(28(24)32-27)16-7-15-33-13-5-6-14-33/h8-9,20-21,25H,5-7,10-19H2,1-4H3. The second-order valence-corrected chi connectivity index (χ2v) is 11.9. The molecule has 206 valence electrons. The molecule has 8 heteroatoms. The van der Waals surface area contributed by atoms with E-state index >= 15 is 0 Å². The van der Waals surface area contributed by atoms with Crippen LogP contribution in [0.15, 0.2) is 24.4 Å². The molecule has 2 aromatic rings. The smallest absolute Gasteiger partial charge is 0.410 e. The van der Waals surface area contributed by atoms with Crippen molar-refractivity contribution in [3.63, 3.8) is 0 Å². The molecule has 0 N–H and O–H groups in total. The number of piperidine rings is 1. The van der Waals surface area contributed by atoms with Gasteiger partial charge in [0.05, 0.1) is 0 Å². The van der Waals surface area contributed by atoms with Gasteiger partial charge in [0.2, 0.25) is 0 Å². The Bertz CT molecular complexity index is 1120. The molecule has 1 aromatic heterocycles. The van der Waals surface area contributed by atoms with Crippen LogP contribution in [-0.2, 0) is 11.2 Å². The molecular formula is C30H43N5O3. The van der Waals surface area contributed by atoms with Gasteiger partial charge in [-0.2, -0.15) is 0 Å². The fraction of sp³-hybridized carbons (Fsp3) is 0.633. The molecule has 0 atom stereocenters. The van der Waals surface area contributed by atoms with Crippen LogP contribution in [-0.4, -0.2) is 83.4 Å². The maximum absolute atomic E-state index is 12.3. The van der Waals surface area contributed by atoms with Gasteiger partial charge in [0.25, 0.3) is 0 Å². The number of nitrogens with zero attached hydrogens (tertiary/aromatic N) is 5. The first-order chi connectivity index (χ1) is 18.2. The minimum atomic E-state index is -0.475. The second kappa shape index (κ2) is 11.5. The third kappa shape index (κ3) is 6.57. The molecule has 0 aliphatic carbocycles. The number of likely N-dealkylation sites (tertiary alicyclic amines) is 2. The van der Waals surface area contributed by atoms with Crippen LogP contribution in [0, 0.1) is 6.92 Å². The number of amides is 1. The van der Waals surface area contributed by atoms with Crippen molar-refractivity contribution in [2.45, 2.75) is 77.9 Å². The summed E-state index contributed by atoms with van der Waals surface area (Å²) in [5.41, 5.74) is 2.87. The molecule has 4 heterocycles. The Labute approximate surface area is 227 Å². The first kappa shape index (κ1) is 26.7. The van der Waals surface area contributed by atoms with Crippen molar-refractivity contribution in [1.29, 1.82) is 0 Å². The number of fused-ring (bicyclic) bond motifs is 1. The quantitative estimate of drug-likeness (QED) is 0.503.